The summed E-state index contributed by atoms with van der Waals surface area (Å²) in [5, 5.41) is 2.85. The van der Waals surface area contributed by atoms with Crippen LogP contribution in [0.2, 0.25) is 0 Å². The number of rotatable bonds is 8. The number of anilines is 1. The van der Waals surface area contributed by atoms with Gasteiger partial charge in [-0.15, -0.1) is 0 Å². The van der Waals surface area contributed by atoms with Crippen LogP contribution in [0.5, 0.6) is 0 Å². The minimum absolute atomic E-state index is 0.192. The summed E-state index contributed by atoms with van der Waals surface area (Å²) in [5.74, 6) is 1.05. The lowest BCUT2D eigenvalue weighted by Gasteiger charge is -2.10. The average Bonchev–Trinajstić information content (AvgIpc) is 2.38. The third kappa shape index (κ3) is 4.47. The van der Waals surface area contributed by atoms with E-state index in [1.54, 1.807) is 31.1 Å². The minimum atomic E-state index is -3.47. The van der Waals surface area contributed by atoms with Crippen LogP contribution in [0.1, 0.15) is 12.8 Å². The molecule has 0 saturated heterocycles. The smallest absolute Gasteiger partial charge is 0.244 e. The van der Waals surface area contributed by atoms with Crippen molar-refractivity contribution in [2.45, 2.75) is 17.7 Å². The highest BCUT2D eigenvalue weighted by Crippen LogP contribution is 2.18. The molecule has 5 nitrogen and oxygen atoms in total. The fourth-order valence-corrected chi connectivity index (χ4v) is 3.18. The SMILES string of the molecule is CNc1ccncc1S(=O)(=O)NCCCCSC. The number of thioether (sulfide) groups is 1. The number of nitrogens with one attached hydrogen (secondary N) is 2. The van der Waals surface area contributed by atoms with Gasteiger partial charge in [-0.2, -0.15) is 11.8 Å². The third-order valence-corrected chi connectivity index (χ3v) is 4.60. The molecule has 1 aromatic heterocycles. The normalized spacial score (nSPS) is 11.4. The molecule has 0 atom stereocenters. The highest BCUT2D eigenvalue weighted by molar-refractivity contribution is 7.98. The maximum atomic E-state index is 12.0. The van der Waals surface area contributed by atoms with Crippen molar-refractivity contribution < 1.29 is 8.42 Å². The summed E-state index contributed by atoms with van der Waals surface area (Å²) < 4.78 is 26.7. The van der Waals surface area contributed by atoms with E-state index >= 15 is 0 Å². The van der Waals surface area contributed by atoms with Gasteiger partial charge >= 0.3 is 0 Å². The molecule has 0 amide bonds. The lowest BCUT2D eigenvalue weighted by Crippen LogP contribution is -2.25. The molecular formula is C11H19N3O2S2. The monoisotopic (exact) mass is 289 g/mol. The summed E-state index contributed by atoms with van der Waals surface area (Å²) in [6, 6.07) is 1.64. The van der Waals surface area contributed by atoms with E-state index < -0.39 is 10.0 Å². The van der Waals surface area contributed by atoms with Gasteiger partial charge in [-0.25, -0.2) is 13.1 Å². The van der Waals surface area contributed by atoms with Gasteiger partial charge < -0.3 is 5.32 Å². The van der Waals surface area contributed by atoms with Crippen molar-refractivity contribution in [3.8, 4) is 0 Å². The predicted molar refractivity (Wildman–Crippen MR) is 76.6 cm³/mol. The summed E-state index contributed by atoms with van der Waals surface area (Å²) >= 11 is 1.76. The summed E-state index contributed by atoms with van der Waals surface area (Å²) in [7, 11) is -1.78. The number of hydrogen-bond donors (Lipinski definition) is 2. The first-order chi connectivity index (χ1) is 8.61. The van der Waals surface area contributed by atoms with Crippen molar-refractivity contribution in [1.29, 1.82) is 0 Å². The van der Waals surface area contributed by atoms with Gasteiger partial charge in [0.1, 0.15) is 4.90 Å². The molecule has 0 aliphatic carbocycles. The first-order valence-electron chi connectivity index (χ1n) is 5.72. The summed E-state index contributed by atoms with van der Waals surface area (Å²) in [6.45, 7) is 0.459. The Balaban J connectivity index is 2.63. The molecule has 102 valence electrons. The first kappa shape index (κ1) is 15.3. The second-order valence-corrected chi connectivity index (χ2v) is 6.44. The van der Waals surface area contributed by atoms with Gasteiger partial charge in [-0.1, -0.05) is 0 Å². The third-order valence-electron chi connectivity index (χ3n) is 2.41. The molecule has 18 heavy (non-hydrogen) atoms. The number of hydrogen-bond acceptors (Lipinski definition) is 5. The molecule has 0 fully saturated rings. The largest absolute Gasteiger partial charge is 0.387 e. The zero-order valence-electron chi connectivity index (χ0n) is 10.6. The van der Waals surface area contributed by atoms with Crippen LogP contribution in [0.15, 0.2) is 23.4 Å². The molecule has 0 radical (unpaired) electrons. The maximum absolute atomic E-state index is 12.0. The lowest BCUT2D eigenvalue weighted by molar-refractivity contribution is 0.578. The van der Waals surface area contributed by atoms with Crippen LogP contribution in [-0.4, -0.2) is 39.0 Å². The van der Waals surface area contributed by atoms with Gasteiger partial charge in [-0.05, 0) is 30.9 Å². The Kier molecular flexibility index (Phi) is 6.45. The van der Waals surface area contributed by atoms with Crippen molar-refractivity contribution in [3.05, 3.63) is 18.5 Å². The predicted octanol–water partition coefficient (Wildman–Crippen LogP) is 1.54. The standard InChI is InChI=1S/C11H19N3O2S2/c1-12-10-5-7-13-9-11(10)18(15,16)14-6-3-4-8-17-2/h5,7,9,14H,3-4,6,8H2,1-2H3,(H,12,13). The molecule has 1 aromatic rings. The van der Waals surface area contributed by atoms with Crippen molar-refractivity contribution in [1.82, 2.24) is 9.71 Å². The van der Waals surface area contributed by atoms with Gasteiger partial charge in [0, 0.05) is 26.0 Å². The zero-order chi connectivity index (χ0) is 13.4. The average molecular weight is 289 g/mol. The molecule has 0 aliphatic heterocycles. The zero-order valence-corrected chi connectivity index (χ0v) is 12.3. The molecule has 0 bridgehead atoms. The van der Waals surface area contributed by atoms with Crippen LogP contribution < -0.4 is 10.0 Å². The van der Waals surface area contributed by atoms with E-state index in [4.69, 9.17) is 0 Å². The van der Waals surface area contributed by atoms with Crippen LogP contribution in [0.25, 0.3) is 0 Å². The van der Waals surface area contributed by atoms with Gasteiger partial charge in [0.05, 0.1) is 5.69 Å². The van der Waals surface area contributed by atoms with Crippen LogP contribution in [0, 0.1) is 0 Å². The second-order valence-electron chi connectivity index (χ2n) is 3.72. The Morgan fingerprint density at radius 2 is 2.17 bits per heavy atom. The van der Waals surface area contributed by atoms with Crippen molar-refractivity contribution in [2.75, 3.05) is 30.9 Å². The van der Waals surface area contributed by atoms with E-state index in [-0.39, 0.29) is 4.90 Å². The highest BCUT2D eigenvalue weighted by Gasteiger charge is 2.17. The minimum Gasteiger partial charge on any atom is -0.387 e. The Labute approximate surface area is 113 Å². The number of aromatic nitrogens is 1. The van der Waals surface area contributed by atoms with E-state index in [0.717, 1.165) is 18.6 Å². The Morgan fingerprint density at radius 3 is 2.83 bits per heavy atom. The van der Waals surface area contributed by atoms with Crippen molar-refractivity contribution in [2.24, 2.45) is 0 Å². The first-order valence-corrected chi connectivity index (χ1v) is 8.60. The van der Waals surface area contributed by atoms with Gasteiger partial charge in [0.2, 0.25) is 10.0 Å². The van der Waals surface area contributed by atoms with E-state index in [9.17, 15) is 8.42 Å². The summed E-state index contributed by atoms with van der Waals surface area (Å²) in [6.07, 6.45) is 6.81. The topological polar surface area (TPSA) is 71.1 Å². The molecule has 7 heteroatoms. The molecule has 0 saturated carbocycles. The molecule has 1 heterocycles. The van der Waals surface area contributed by atoms with E-state index in [2.05, 4.69) is 15.0 Å². The number of pyridine rings is 1. The Hall–Kier alpha value is -0.790. The maximum Gasteiger partial charge on any atom is 0.244 e. The van der Waals surface area contributed by atoms with Crippen LogP contribution >= 0.6 is 11.8 Å². The lowest BCUT2D eigenvalue weighted by atomic mass is 10.3. The Bertz CT molecular complexity index is 463. The van der Waals surface area contributed by atoms with Crippen LogP contribution in [0.3, 0.4) is 0 Å². The van der Waals surface area contributed by atoms with E-state index in [0.29, 0.717) is 12.2 Å². The summed E-state index contributed by atoms with van der Waals surface area (Å²) in [5.41, 5.74) is 0.557. The van der Waals surface area contributed by atoms with Gasteiger partial charge in [0.25, 0.3) is 0 Å². The van der Waals surface area contributed by atoms with Crippen LogP contribution in [0.4, 0.5) is 5.69 Å². The van der Waals surface area contributed by atoms with E-state index in [1.165, 1.54) is 6.20 Å². The fourth-order valence-electron chi connectivity index (χ4n) is 1.46. The van der Waals surface area contributed by atoms with Crippen molar-refractivity contribution in [3.63, 3.8) is 0 Å². The Morgan fingerprint density at radius 1 is 1.39 bits per heavy atom. The molecular weight excluding hydrogens is 270 g/mol. The fraction of sp³-hybridized carbons (Fsp3) is 0.545. The number of unbranched alkanes of at least 4 members (excludes halogenated alkanes) is 1. The van der Waals surface area contributed by atoms with Crippen LogP contribution in [-0.2, 0) is 10.0 Å². The molecule has 0 aliphatic rings. The molecule has 0 aromatic carbocycles. The second kappa shape index (κ2) is 7.60. The summed E-state index contributed by atoms with van der Waals surface area (Å²) in [4.78, 5) is 4.05. The molecule has 0 unspecified atom stereocenters. The van der Waals surface area contributed by atoms with E-state index in [1.807, 2.05) is 6.26 Å². The highest BCUT2D eigenvalue weighted by atomic mass is 32.2. The number of sulfonamides is 1. The quantitative estimate of drug-likeness (QED) is 0.710. The molecule has 1 rings (SSSR count). The molecule has 2 N–H and O–H groups in total. The van der Waals surface area contributed by atoms with Gasteiger partial charge in [0.15, 0.2) is 0 Å². The number of nitrogens with zero attached hydrogens (tertiary/aromatic N) is 1. The van der Waals surface area contributed by atoms with Gasteiger partial charge in [-0.3, -0.25) is 4.98 Å². The van der Waals surface area contributed by atoms with Crippen molar-refractivity contribution >= 4 is 27.5 Å². The molecule has 0 spiro atoms.